The van der Waals surface area contributed by atoms with Crippen LogP contribution in [0.1, 0.15) is 39.5 Å². The van der Waals surface area contributed by atoms with Crippen LogP contribution in [0.25, 0.3) is 0 Å². The van der Waals surface area contributed by atoms with Gasteiger partial charge in [-0.15, -0.1) is 0 Å². The fourth-order valence-electron chi connectivity index (χ4n) is 1.78. The monoisotopic (exact) mass is 324 g/mol. The van der Waals surface area contributed by atoms with Gasteiger partial charge in [-0.1, -0.05) is 42.9 Å². The SMILES string of the molecule is CCCCC1=C(CI)OC(=O)[C@]1(O)CC. The molecular weight excluding hydrogens is 307 g/mol. The van der Waals surface area contributed by atoms with E-state index in [2.05, 4.69) is 29.5 Å². The summed E-state index contributed by atoms with van der Waals surface area (Å²) in [5.41, 5.74) is -0.554. The number of rotatable bonds is 5. The maximum absolute atomic E-state index is 11.6. The van der Waals surface area contributed by atoms with Crippen LogP contribution in [0, 0.1) is 0 Å². The third-order valence-corrected chi connectivity index (χ3v) is 3.50. The van der Waals surface area contributed by atoms with Gasteiger partial charge in [0.25, 0.3) is 0 Å². The number of ether oxygens (including phenoxy) is 1. The van der Waals surface area contributed by atoms with Crippen molar-refractivity contribution in [2.24, 2.45) is 0 Å². The van der Waals surface area contributed by atoms with E-state index in [1.165, 1.54) is 0 Å². The van der Waals surface area contributed by atoms with E-state index in [-0.39, 0.29) is 0 Å². The van der Waals surface area contributed by atoms with Gasteiger partial charge in [-0.3, -0.25) is 0 Å². The first-order valence-corrected chi connectivity index (χ1v) is 6.85. The minimum Gasteiger partial charge on any atom is -0.428 e. The fraction of sp³-hybridized carbons (Fsp3) is 0.727. The molecule has 1 aliphatic rings. The van der Waals surface area contributed by atoms with Gasteiger partial charge in [0.15, 0.2) is 5.60 Å². The Labute approximate surface area is 104 Å². The largest absolute Gasteiger partial charge is 0.428 e. The standard InChI is InChI=1S/C11H17IO3/c1-3-5-6-8-9(7-12)15-10(13)11(8,14)4-2/h14H,3-7H2,1-2H3/t11-/m0/s1. The van der Waals surface area contributed by atoms with Crippen molar-refractivity contribution in [1.82, 2.24) is 0 Å². The summed E-state index contributed by atoms with van der Waals surface area (Å²) in [5, 5.41) is 10.2. The number of carbonyl (C=O) groups excluding carboxylic acids is 1. The summed E-state index contributed by atoms with van der Waals surface area (Å²) in [7, 11) is 0. The molecule has 0 amide bonds. The van der Waals surface area contributed by atoms with Crippen LogP contribution in [0.5, 0.6) is 0 Å². The minimum atomic E-state index is -1.35. The zero-order chi connectivity index (χ0) is 11.5. The van der Waals surface area contributed by atoms with E-state index in [0.29, 0.717) is 16.6 Å². The lowest BCUT2D eigenvalue weighted by molar-refractivity contribution is -0.152. The minimum absolute atomic E-state index is 0.394. The Morgan fingerprint density at radius 2 is 2.13 bits per heavy atom. The van der Waals surface area contributed by atoms with Gasteiger partial charge in [-0.05, 0) is 19.3 Å². The van der Waals surface area contributed by atoms with Gasteiger partial charge in [0.05, 0.1) is 4.43 Å². The van der Waals surface area contributed by atoms with Crippen LogP contribution in [-0.4, -0.2) is 21.1 Å². The van der Waals surface area contributed by atoms with Gasteiger partial charge >= 0.3 is 5.97 Å². The molecule has 1 aliphatic heterocycles. The van der Waals surface area contributed by atoms with E-state index in [9.17, 15) is 9.90 Å². The molecule has 0 unspecified atom stereocenters. The number of esters is 1. The van der Waals surface area contributed by atoms with Crippen molar-refractivity contribution in [3.05, 3.63) is 11.3 Å². The van der Waals surface area contributed by atoms with Crippen LogP contribution >= 0.6 is 22.6 Å². The molecule has 1 atom stereocenters. The molecule has 0 spiro atoms. The first-order valence-electron chi connectivity index (χ1n) is 5.33. The van der Waals surface area contributed by atoms with Crippen LogP contribution < -0.4 is 0 Å². The topological polar surface area (TPSA) is 46.5 Å². The van der Waals surface area contributed by atoms with Crippen molar-refractivity contribution in [3.8, 4) is 0 Å². The van der Waals surface area contributed by atoms with Crippen molar-refractivity contribution < 1.29 is 14.6 Å². The molecule has 0 radical (unpaired) electrons. The summed E-state index contributed by atoms with van der Waals surface area (Å²) in [5.74, 6) is 0.168. The summed E-state index contributed by atoms with van der Waals surface area (Å²) >= 11 is 2.15. The molecule has 1 rings (SSSR count). The van der Waals surface area contributed by atoms with E-state index in [1.54, 1.807) is 0 Å². The zero-order valence-corrected chi connectivity index (χ0v) is 11.3. The lowest BCUT2D eigenvalue weighted by Gasteiger charge is -2.19. The molecule has 0 aliphatic carbocycles. The van der Waals surface area contributed by atoms with E-state index in [1.807, 2.05) is 6.92 Å². The second-order valence-corrected chi connectivity index (χ2v) is 4.51. The Morgan fingerprint density at radius 1 is 1.47 bits per heavy atom. The smallest absolute Gasteiger partial charge is 0.347 e. The highest BCUT2D eigenvalue weighted by Crippen LogP contribution is 2.37. The zero-order valence-electron chi connectivity index (χ0n) is 9.18. The Hall–Kier alpha value is -0.100. The lowest BCUT2D eigenvalue weighted by atomic mass is 9.88. The van der Waals surface area contributed by atoms with Gasteiger partial charge in [-0.25, -0.2) is 4.79 Å². The summed E-state index contributed by atoms with van der Waals surface area (Å²) in [6.07, 6.45) is 3.18. The Balaban J connectivity index is 2.94. The molecule has 0 aromatic rings. The number of aliphatic hydroxyl groups is 1. The van der Waals surface area contributed by atoms with Crippen LogP contribution in [0.2, 0.25) is 0 Å². The van der Waals surface area contributed by atoms with Gasteiger partial charge in [0, 0.05) is 5.57 Å². The summed E-state index contributed by atoms with van der Waals surface area (Å²) in [6.45, 7) is 3.90. The number of alkyl halides is 1. The van der Waals surface area contributed by atoms with Crippen molar-refractivity contribution in [2.45, 2.75) is 45.1 Å². The molecule has 3 nitrogen and oxygen atoms in total. The van der Waals surface area contributed by atoms with Crippen LogP contribution in [-0.2, 0) is 9.53 Å². The van der Waals surface area contributed by atoms with Gasteiger partial charge in [0.2, 0.25) is 0 Å². The Kier molecular flexibility index (Phi) is 4.58. The second kappa shape index (κ2) is 5.30. The number of allylic oxidation sites excluding steroid dienone is 1. The molecule has 0 saturated heterocycles. The summed E-state index contributed by atoms with van der Waals surface area (Å²) in [4.78, 5) is 11.6. The van der Waals surface area contributed by atoms with Gasteiger partial charge in [-0.2, -0.15) is 0 Å². The predicted molar refractivity (Wildman–Crippen MR) is 66.8 cm³/mol. The molecular formula is C11H17IO3. The summed E-state index contributed by atoms with van der Waals surface area (Å²) < 4.78 is 5.75. The molecule has 4 heteroatoms. The van der Waals surface area contributed by atoms with E-state index >= 15 is 0 Å². The molecule has 0 saturated carbocycles. The van der Waals surface area contributed by atoms with Gasteiger partial charge < -0.3 is 9.84 Å². The maximum Gasteiger partial charge on any atom is 0.347 e. The number of halogens is 1. The molecule has 0 aromatic carbocycles. The number of hydrogen-bond acceptors (Lipinski definition) is 3. The highest BCUT2D eigenvalue weighted by atomic mass is 127. The molecule has 0 bridgehead atoms. The normalized spacial score (nSPS) is 26.0. The van der Waals surface area contributed by atoms with Crippen LogP contribution in [0.4, 0.5) is 0 Å². The van der Waals surface area contributed by atoms with Crippen molar-refractivity contribution >= 4 is 28.6 Å². The summed E-state index contributed by atoms with van der Waals surface area (Å²) in [6, 6.07) is 0. The fourth-order valence-corrected chi connectivity index (χ4v) is 2.39. The highest BCUT2D eigenvalue weighted by molar-refractivity contribution is 14.1. The van der Waals surface area contributed by atoms with Crippen molar-refractivity contribution in [1.29, 1.82) is 0 Å². The van der Waals surface area contributed by atoms with Crippen LogP contribution in [0.15, 0.2) is 11.3 Å². The van der Waals surface area contributed by atoms with E-state index in [0.717, 1.165) is 24.8 Å². The Morgan fingerprint density at radius 3 is 2.60 bits per heavy atom. The first-order chi connectivity index (χ1) is 7.10. The number of cyclic esters (lactones) is 1. The quantitative estimate of drug-likeness (QED) is 0.480. The molecule has 15 heavy (non-hydrogen) atoms. The van der Waals surface area contributed by atoms with Crippen LogP contribution in [0.3, 0.4) is 0 Å². The predicted octanol–water partition coefficient (Wildman–Crippen LogP) is 2.56. The van der Waals surface area contributed by atoms with Crippen molar-refractivity contribution in [3.63, 3.8) is 0 Å². The third kappa shape index (κ3) is 2.36. The molecule has 0 aromatic heterocycles. The molecule has 1 heterocycles. The molecule has 0 fully saturated rings. The average Bonchev–Trinajstić information content (AvgIpc) is 2.49. The number of unbranched alkanes of at least 4 members (excludes halogenated alkanes) is 1. The first kappa shape index (κ1) is 13.0. The average molecular weight is 324 g/mol. The van der Waals surface area contributed by atoms with Crippen molar-refractivity contribution in [2.75, 3.05) is 4.43 Å². The Bertz CT molecular complexity index is 286. The number of carbonyl (C=O) groups is 1. The molecule has 1 N–H and O–H groups in total. The third-order valence-electron chi connectivity index (χ3n) is 2.80. The second-order valence-electron chi connectivity index (χ2n) is 3.74. The van der Waals surface area contributed by atoms with Gasteiger partial charge in [0.1, 0.15) is 5.76 Å². The highest BCUT2D eigenvalue weighted by Gasteiger charge is 2.47. The maximum atomic E-state index is 11.6. The van der Waals surface area contributed by atoms with E-state index in [4.69, 9.17) is 4.74 Å². The number of hydrogen-bond donors (Lipinski definition) is 1. The van der Waals surface area contributed by atoms with E-state index < -0.39 is 11.6 Å². The lowest BCUT2D eigenvalue weighted by Crippen LogP contribution is -2.36. The molecule has 86 valence electrons.